The van der Waals surface area contributed by atoms with Gasteiger partial charge in [0.1, 0.15) is 0 Å². The van der Waals surface area contributed by atoms with Gasteiger partial charge in [0.25, 0.3) is 0 Å². The lowest BCUT2D eigenvalue weighted by Gasteiger charge is -2.29. The van der Waals surface area contributed by atoms with Crippen LogP contribution in [0, 0.1) is 5.92 Å². The van der Waals surface area contributed by atoms with E-state index in [1.165, 1.54) is 6.42 Å². The van der Waals surface area contributed by atoms with Gasteiger partial charge in [-0.3, -0.25) is 4.79 Å². The summed E-state index contributed by atoms with van der Waals surface area (Å²) in [4.78, 5) is 16.0. The van der Waals surface area contributed by atoms with E-state index in [1.54, 1.807) is 6.20 Å². The predicted octanol–water partition coefficient (Wildman–Crippen LogP) is 0.312. The Kier molecular flexibility index (Phi) is 2.84. The number of nitrogens with zero attached hydrogens (tertiary/aromatic N) is 2. The van der Waals surface area contributed by atoms with Crippen molar-refractivity contribution in [1.82, 2.24) is 20.2 Å². The van der Waals surface area contributed by atoms with Gasteiger partial charge in [-0.25, -0.2) is 4.98 Å². The van der Waals surface area contributed by atoms with Gasteiger partial charge in [-0.05, 0) is 19.3 Å². The van der Waals surface area contributed by atoms with Gasteiger partial charge in [-0.15, -0.1) is 0 Å². The van der Waals surface area contributed by atoms with Gasteiger partial charge < -0.3 is 15.2 Å². The number of aromatic nitrogens is 2. The first-order valence-electron chi connectivity index (χ1n) is 6.33. The number of amides is 1. The summed E-state index contributed by atoms with van der Waals surface area (Å²) >= 11 is 0. The van der Waals surface area contributed by atoms with Crippen molar-refractivity contribution < 1.29 is 4.79 Å². The highest BCUT2D eigenvalue weighted by molar-refractivity contribution is 5.80. The Hall–Kier alpha value is -1.36. The molecular formula is C12H18N4O. The second kappa shape index (κ2) is 4.49. The molecule has 17 heavy (non-hydrogen) atoms. The second-order valence-electron chi connectivity index (χ2n) is 4.98. The quantitative estimate of drug-likeness (QED) is 0.791. The SMILES string of the molecule is O=C(NC1CCCC1n1ccnc1)C1CNC1. The fourth-order valence-electron chi connectivity index (χ4n) is 2.71. The molecule has 1 saturated carbocycles. The monoisotopic (exact) mass is 234 g/mol. The van der Waals surface area contributed by atoms with Gasteiger partial charge in [-0.2, -0.15) is 0 Å². The molecule has 2 N–H and O–H groups in total. The molecule has 2 atom stereocenters. The van der Waals surface area contributed by atoms with E-state index >= 15 is 0 Å². The summed E-state index contributed by atoms with van der Waals surface area (Å²) in [6, 6.07) is 0.659. The van der Waals surface area contributed by atoms with E-state index in [4.69, 9.17) is 0 Å². The molecule has 2 unspecified atom stereocenters. The Labute approximate surface area is 101 Å². The van der Waals surface area contributed by atoms with Gasteiger partial charge in [0.05, 0.1) is 18.3 Å². The summed E-state index contributed by atoms with van der Waals surface area (Å²) in [5, 5.41) is 6.32. The van der Waals surface area contributed by atoms with Crippen LogP contribution in [0.3, 0.4) is 0 Å². The second-order valence-corrected chi connectivity index (χ2v) is 4.98. The molecular weight excluding hydrogens is 216 g/mol. The number of rotatable bonds is 3. The Morgan fingerprint density at radius 2 is 2.29 bits per heavy atom. The third-order valence-electron chi connectivity index (χ3n) is 3.87. The molecule has 1 saturated heterocycles. The molecule has 0 spiro atoms. The van der Waals surface area contributed by atoms with E-state index in [2.05, 4.69) is 20.2 Å². The zero-order valence-electron chi connectivity index (χ0n) is 9.80. The Morgan fingerprint density at radius 1 is 1.41 bits per heavy atom. The van der Waals surface area contributed by atoms with Crippen molar-refractivity contribution in [3.8, 4) is 0 Å². The molecule has 3 rings (SSSR count). The summed E-state index contributed by atoms with van der Waals surface area (Å²) in [5.41, 5.74) is 0. The highest BCUT2D eigenvalue weighted by Crippen LogP contribution is 2.30. The molecule has 92 valence electrons. The van der Waals surface area contributed by atoms with Crippen LogP contribution in [0.4, 0.5) is 0 Å². The Bertz CT molecular complexity index is 385. The normalized spacial score (nSPS) is 28.9. The number of nitrogens with one attached hydrogen (secondary N) is 2. The zero-order chi connectivity index (χ0) is 11.7. The van der Waals surface area contributed by atoms with Crippen LogP contribution in [0.1, 0.15) is 25.3 Å². The number of carbonyl (C=O) groups is 1. The number of imidazole rings is 1. The summed E-state index contributed by atoms with van der Waals surface area (Å²) in [6.45, 7) is 1.66. The van der Waals surface area contributed by atoms with E-state index in [0.29, 0.717) is 6.04 Å². The smallest absolute Gasteiger partial charge is 0.225 e. The van der Waals surface area contributed by atoms with Crippen molar-refractivity contribution in [2.24, 2.45) is 5.92 Å². The lowest BCUT2D eigenvalue weighted by molar-refractivity contribution is -0.127. The van der Waals surface area contributed by atoms with Gasteiger partial charge in [-0.1, -0.05) is 0 Å². The van der Waals surface area contributed by atoms with Crippen molar-refractivity contribution in [3.05, 3.63) is 18.7 Å². The fourth-order valence-corrected chi connectivity index (χ4v) is 2.71. The molecule has 0 aromatic carbocycles. The molecule has 1 aromatic rings. The molecule has 2 aliphatic rings. The molecule has 1 aromatic heterocycles. The molecule has 5 heteroatoms. The van der Waals surface area contributed by atoms with Gasteiger partial charge in [0, 0.05) is 31.5 Å². The topological polar surface area (TPSA) is 59.0 Å². The minimum Gasteiger partial charge on any atom is -0.351 e. The third kappa shape index (κ3) is 2.07. The summed E-state index contributed by atoms with van der Waals surface area (Å²) < 4.78 is 2.12. The van der Waals surface area contributed by atoms with Crippen LogP contribution < -0.4 is 10.6 Å². The van der Waals surface area contributed by atoms with Gasteiger partial charge >= 0.3 is 0 Å². The van der Waals surface area contributed by atoms with Gasteiger partial charge in [0.2, 0.25) is 5.91 Å². The predicted molar refractivity (Wildman–Crippen MR) is 63.4 cm³/mol. The summed E-state index contributed by atoms with van der Waals surface area (Å²) in [5.74, 6) is 0.389. The van der Waals surface area contributed by atoms with Crippen molar-refractivity contribution in [2.45, 2.75) is 31.3 Å². The highest BCUT2D eigenvalue weighted by Gasteiger charge is 2.33. The minimum atomic E-state index is 0.180. The number of hydrogen-bond acceptors (Lipinski definition) is 3. The van der Waals surface area contributed by atoms with E-state index in [1.807, 2.05) is 12.5 Å². The van der Waals surface area contributed by atoms with Crippen LogP contribution in [0.2, 0.25) is 0 Å². The molecule has 0 radical (unpaired) electrons. The van der Waals surface area contributed by atoms with E-state index in [0.717, 1.165) is 25.9 Å². The highest BCUT2D eigenvalue weighted by atomic mass is 16.2. The van der Waals surface area contributed by atoms with Crippen LogP contribution in [0.5, 0.6) is 0 Å². The van der Waals surface area contributed by atoms with E-state index < -0.39 is 0 Å². The first kappa shape index (κ1) is 10.8. The molecule has 1 aliphatic heterocycles. The van der Waals surface area contributed by atoms with Crippen molar-refractivity contribution in [2.75, 3.05) is 13.1 Å². The van der Waals surface area contributed by atoms with Crippen LogP contribution in [0.15, 0.2) is 18.7 Å². The van der Waals surface area contributed by atoms with Gasteiger partial charge in [0.15, 0.2) is 0 Å². The molecule has 5 nitrogen and oxygen atoms in total. The first-order valence-corrected chi connectivity index (χ1v) is 6.33. The number of carbonyl (C=O) groups excluding carboxylic acids is 1. The maximum Gasteiger partial charge on any atom is 0.225 e. The van der Waals surface area contributed by atoms with Crippen LogP contribution in [0.25, 0.3) is 0 Å². The largest absolute Gasteiger partial charge is 0.351 e. The maximum atomic E-state index is 11.9. The maximum absolute atomic E-state index is 11.9. The first-order chi connectivity index (χ1) is 8.34. The Morgan fingerprint density at radius 3 is 2.94 bits per heavy atom. The molecule has 0 bridgehead atoms. The summed E-state index contributed by atoms with van der Waals surface area (Å²) in [7, 11) is 0. The summed E-state index contributed by atoms with van der Waals surface area (Å²) in [6.07, 6.45) is 9.02. The van der Waals surface area contributed by atoms with Crippen molar-refractivity contribution in [1.29, 1.82) is 0 Å². The van der Waals surface area contributed by atoms with Crippen molar-refractivity contribution >= 4 is 5.91 Å². The molecule has 2 fully saturated rings. The van der Waals surface area contributed by atoms with Crippen LogP contribution >= 0.6 is 0 Å². The average molecular weight is 234 g/mol. The minimum absolute atomic E-state index is 0.180. The average Bonchev–Trinajstić information content (AvgIpc) is 2.82. The standard InChI is InChI=1S/C12H18N4O/c17-12(9-6-14-7-9)15-10-2-1-3-11(10)16-5-4-13-8-16/h4-5,8-11,14H,1-3,6-7H2,(H,15,17). The Balaban J connectivity index is 1.63. The van der Waals surface area contributed by atoms with E-state index in [9.17, 15) is 4.79 Å². The van der Waals surface area contributed by atoms with Crippen LogP contribution in [-0.4, -0.2) is 34.6 Å². The number of hydrogen-bond donors (Lipinski definition) is 2. The third-order valence-corrected chi connectivity index (χ3v) is 3.87. The molecule has 1 aliphatic carbocycles. The molecule has 1 amide bonds. The lowest BCUT2D eigenvalue weighted by Crippen LogP contribution is -2.53. The molecule has 2 heterocycles. The van der Waals surface area contributed by atoms with Crippen molar-refractivity contribution in [3.63, 3.8) is 0 Å². The zero-order valence-corrected chi connectivity index (χ0v) is 9.80. The lowest BCUT2D eigenvalue weighted by atomic mass is 10.0. The van der Waals surface area contributed by atoms with E-state index in [-0.39, 0.29) is 17.9 Å². The van der Waals surface area contributed by atoms with Crippen LogP contribution in [-0.2, 0) is 4.79 Å². The fraction of sp³-hybridized carbons (Fsp3) is 0.667.